The van der Waals surface area contributed by atoms with Gasteiger partial charge in [0.15, 0.2) is 6.10 Å². The van der Waals surface area contributed by atoms with Gasteiger partial charge in [0, 0.05) is 26.7 Å². The molecule has 5 nitrogen and oxygen atoms in total. The number of aliphatic hydroxyl groups is 1. The zero-order chi connectivity index (χ0) is 15.9. The highest BCUT2D eigenvalue weighted by atomic mass is 35.5. The van der Waals surface area contributed by atoms with Crippen LogP contribution in [0, 0.1) is 0 Å². The number of carbonyl (C=O) groups is 1. The number of rotatable bonds is 8. The zero-order valence-electron chi connectivity index (χ0n) is 12.6. The van der Waals surface area contributed by atoms with Gasteiger partial charge in [-0.15, -0.1) is 0 Å². The lowest BCUT2D eigenvalue weighted by Crippen LogP contribution is -2.45. The molecule has 0 spiro atoms. The van der Waals surface area contributed by atoms with Crippen molar-refractivity contribution in [3.05, 3.63) is 29.3 Å². The van der Waals surface area contributed by atoms with E-state index in [1.165, 1.54) is 0 Å². The van der Waals surface area contributed by atoms with Crippen molar-refractivity contribution in [1.29, 1.82) is 0 Å². The van der Waals surface area contributed by atoms with Gasteiger partial charge in [0.1, 0.15) is 5.75 Å². The highest BCUT2D eigenvalue weighted by molar-refractivity contribution is 6.32. The predicted octanol–water partition coefficient (Wildman–Crippen LogP) is 2.01. The summed E-state index contributed by atoms with van der Waals surface area (Å²) in [6.45, 7) is 3.83. The lowest BCUT2D eigenvalue weighted by Gasteiger charge is -2.24. The van der Waals surface area contributed by atoms with E-state index in [1.54, 1.807) is 45.2 Å². The smallest absolute Gasteiger partial charge is 0.260 e. The highest BCUT2D eigenvalue weighted by Crippen LogP contribution is 2.24. The van der Waals surface area contributed by atoms with Crippen molar-refractivity contribution in [2.75, 3.05) is 20.3 Å². The van der Waals surface area contributed by atoms with Crippen molar-refractivity contribution in [3.8, 4) is 5.75 Å². The molecule has 2 unspecified atom stereocenters. The van der Waals surface area contributed by atoms with Crippen LogP contribution in [0.4, 0.5) is 0 Å². The molecule has 6 heteroatoms. The van der Waals surface area contributed by atoms with Gasteiger partial charge in [0.25, 0.3) is 5.91 Å². The van der Waals surface area contributed by atoms with Crippen molar-refractivity contribution in [3.63, 3.8) is 0 Å². The van der Waals surface area contributed by atoms with E-state index >= 15 is 0 Å². The van der Waals surface area contributed by atoms with Gasteiger partial charge in [-0.3, -0.25) is 4.79 Å². The first kappa shape index (κ1) is 17.8. The summed E-state index contributed by atoms with van der Waals surface area (Å²) in [5.41, 5.74) is -1.02. The normalized spacial score (nSPS) is 15.1. The molecule has 0 radical (unpaired) electrons. The Hall–Kier alpha value is -1.30. The third kappa shape index (κ3) is 6.33. The Morgan fingerprint density at radius 1 is 1.48 bits per heavy atom. The van der Waals surface area contributed by atoms with Crippen LogP contribution in [0.1, 0.15) is 20.3 Å². The first-order chi connectivity index (χ1) is 9.85. The molecule has 0 aliphatic rings. The number of nitrogens with one attached hydrogen (secondary N) is 1. The number of hydrogen-bond acceptors (Lipinski definition) is 4. The number of para-hydroxylation sites is 1. The second kappa shape index (κ2) is 8.22. The lowest BCUT2D eigenvalue weighted by atomic mass is 10.0. The van der Waals surface area contributed by atoms with Gasteiger partial charge in [0.05, 0.1) is 10.6 Å². The summed E-state index contributed by atoms with van der Waals surface area (Å²) < 4.78 is 10.4. The van der Waals surface area contributed by atoms with E-state index in [0.717, 1.165) is 0 Å². The number of amides is 1. The minimum Gasteiger partial charge on any atom is -0.479 e. The van der Waals surface area contributed by atoms with Crippen LogP contribution in [-0.2, 0) is 9.53 Å². The standard InChI is InChI=1S/C15H22ClNO4/c1-11(21-13-7-5-4-6-12(13)16)14(18)17-10-15(2,19)8-9-20-3/h4-7,11,19H,8-10H2,1-3H3,(H,17,18). The van der Waals surface area contributed by atoms with E-state index in [0.29, 0.717) is 23.8 Å². The summed E-state index contributed by atoms with van der Waals surface area (Å²) in [7, 11) is 1.56. The molecule has 0 bridgehead atoms. The number of ether oxygens (including phenoxy) is 2. The average Bonchev–Trinajstić information content (AvgIpc) is 2.45. The van der Waals surface area contributed by atoms with Crippen LogP contribution in [0.25, 0.3) is 0 Å². The maximum Gasteiger partial charge on any atom is 0.260 e. The third-order valence-corrected chi connectivity index (χ3v) is 3.31. The van der Waals surface area contributed by atoms with Crippen LogP contribution in [0.3, 0.4) is 0 Å². The predicted molar refractivity (Wildman–Crippen MR) is 81.7 cm³/mol. The second-order valence-corrected chi connectivity index (χ2v) is 5.56. The largest absolute Gasteiger partial charge is 0.479 e. The number of hydrogen-bond donors (Lipinski definition) is 2. The fourth-order valence-corrected chi connectivity index (χ4v) is 1.80. The van der Waals surface area contributed by atoms with Crippen molar-refractivity contribution in [1.82, 2.24) is 5.32 Å². The van der Waals surface area contributed by atoms with Crippen LogP contribution in [0.5, 0.6) is 5.75 Å². The summed E-state index contributed by atoms with van der Waals surface area (Å²) in [4.78, 5) is 12.0. The molecule has 0 heterocycles. The highest BCUT2D eigenvalue weighted by Gasteiger charge is 2.23. The Labute approximate surface area is 130 Å². The summed E-state index contributed by atoms with van der Waals surface area (Å²) in [5.74, 6) is 0.139. The van der Waals surface area contributed by atoms with Gasteiger partial charge in [-0.25, -0.2) is 0 Å². The van der Waals surface area contributed by atoms with E-state index in [-0.39, 0.29) is 12.5 Å². The Morgan fingerprint density at radius 2 is 2.14 bits per heavy atom. The number of carbonyl (C=O) groups excluding carboxylic acids is 1. The molecule has 0 saturated heterocycles. The molecule has 21 heavy (non-hydrogen) atoms. The molecule has 0 fully saturated rings. The molecule has 1 aromatic rings. The topological polar surface area (TPSA) is 67.8 Å². The molecule has 0 aliphatic carbocycles. The first-order valence-electron chi connectivity index (χ1n) is 6.76. The average molecular weight is 316 g/mol. The number of benzene rings is 1. The van der Waals surface area contributed by atoms with E-state index in [1.807, 2.05) is 0 Å². The molecule has 0 aliphatic heterocycles. The van der Waals surface area contributed by atoms with Gasteiger partial charge < -0.3 is 19.9 Å². The van der Waals surface area contributed by atoms with E-state index in [4.69, 9.17) is 21.1 Å². The number of halogens is 1. The lowest BCUT2D eigenvalue weighted by molar-refractivity contribution is -0.128. The van der Waals surface area contributed by atoms with Crippen molar-refractivity contribution in [2.45, 2.75) is 32.0 Å². The number of methoxy groups -OCH3 is 1. The van der Waals surface area contributed by atoms with Crippen LogP contribution in [0.15, 0.2) is 24.3 Å². The van der Waals surface area contributed by atoms with E-state index < -0.39 is 11.7 Å². The molecular weight excluding hydrogens is 294 g/mol. The quantitative estimate of drug-likeness (QED) is 0.770. The maximum absolute atomic E-state index is 12.0. The van der Waals surface area contributed by atoms with Crippen molar-refractivity contribution < 1.29 is 19.4 Å². The SMILES string of the molecule is COCCC(C)(O)CNC(=O)C(C)Oc1ccccc1Cl. The van der Waals surface area contributed by atoms with Gasteiger partial charge >= 0.3 is 0 Å². The summed E-state index contributed by atoms with van der Waals surface area (Å²) in [6, 6.07) is 6.95. The minimum absolute atomic E-state index is 0.130. The fraction of sp³-hybridized carbons (Fsp3) is 0.533. The van der Waals surface area contributed by atoms with E-state index in [2.05, 4.69) is 5.32 Å². The molecule has 0 saturated carbocycles. The molecule has 1 aromatic carbocycles. The molecule has 2 N–H and O–H groups in total. The Balaban J connectivity index is 2.46. The minimum atomic E-state index is -1.02. The van der Waals surface area contributed by atoms with Crippen molar-refractivity contribution in [2.24, 2.45) is 0 Å². The zero-order valence-corrected chi connectivity index (χ0v) is 13.3. The Bertz CT molecular complexity index is 465. The Morgan fingerprint density at radius 3 is 2.76 bits per heavy atom. The van der Waals surface area contributed by atoms with Crippen LogP contribution < -0.4 is 10.1 Å². The molecule has 1 rings (SSSR count). The van der Waals surface area contributed by atoms with Crippen LogP contribution >= 0.6 is 11.6 Å². The maximum atomic E-state index is 12.0. The van der Waals surface area contributed by atoms with Crippen molar-refractivity contribution >= 4 is 17.5 Å². The van der Waals surface area contributed by atoms with Gasteiger partial charge in [-0.2, -0.15) is 0 Å². The Kier molecular flexibility index (Phi) is 6.95. The first-order valence-corrected chi connectivity index (χ1v) is 7.14. The van der Waals surface area contributed by atoms with E-state index in [9.17, 15) is 9.90 Å². The fourth-order valence-electron chi connectivity index (χ4n) is 1.62. The van der Waals surface area contributed by atoms with Crippen LogP contribution in [0.2, 0.25) is 5.02 Å². The van der Waals surface area contributed by atoms with Gasteiger partial charge in [-0.05, 0) is 26.0 Å². The molecule has 2 atom stereocenters. The molecule has 1 amide bonds. The van der Waals surface area contributed by atoms with Crippen LogP contribution in [-0.4, -0.2) is 43.0 Å². The molecular formula is C15H22ClNO4. The van der Waals surface area contributed by atoms with Gasteiger partial charge in [-0.1, -0.05) is 23.7 Å². The summed E-state index contributed by atoms with van der Waals surface area (Å²) >= 11 is 5.97. The summed E-state index contributed by atoms with van der Waals surface area (Å²) in [6.07, 6.45) is -0.271. The van der Waals surface area contributed by atoms with Gasteiger partial charge in [0.2, 0.25) is 0 Å². The third-order valence-electron chi connectivity index (χ3n) is 3.00. The second-order valence-electron chi connectivity index (χ2n) is 5.15. The molecule has 0 aromatic heterocycles. The monoisotopic (exact) mass is 315 g/mol. The molecule has 118 valence electrons. The summed E-state index contributed by atoms with van der Waals surface area (Å²) in [5, 5.41) is 13.2.